The first-order valence-electron chi connectivity index (χ1n) is 11.4. The fourth-order valence-electron chi connectivity index (χ4n) is 5.92. The van der Waals surface area contributed by atoms with Crippen LogP contribution >= 0.6 is 0 Å². The molecule has 32 heavy (non-hydrogen) atoms. The van der Waals surface area contributed by atoms with Gasteiger partial charge in [0.05, 0.1) is 43.8 Å². The highest BCUT2D eigenvalue weighted by Gasteiger charge is 2.75. The van der Waals surface area contributed by atoms with Crippen molar-refractivity contribution in [3.8, 4) is 0 Å². The number of nitrogens with zero attached hydrogens (tertiary/aromatic N) is 3. The van der Waals surface area contributed by atoms with Crippen molar-refractivity contribution in [3.63, 3.8) is 0 Å². The molecule has 0 aliphatic carbocycles. The maximum Gasteiger partial charge on any atom is 0.310 e. The first-order valence-corrected chi connectivity index (χ1v) is 11.4. The van der Waals surface area contributed by atoms with Gasteiger partial charge in [-0.3, -0.25) is 19.3 Å². The van der Waals surface area contributed by atoms with E-state index in [-0.39, 0.29) is 12.5 Å². The first kappa shape index (κ1) is 23.2. The van der Waals surface area contributed by atoms with Crippen molar-refractivity contribution in [2.75, 3.05) is 52.5 Å². The van der Waals surface area contributed by atoms with Crippen LogP contribution in [-0.4, -0.2) is 119 Å². The second-order valence-electron chi connectivity index (χ2n) is 9.20. The van der Waals surface area contributed by atoms with Gasteiger partial charge in [0.25, 0.3) is 0 Å². The molecular formula is C22H33N3O7. The molecule has 0 aromatic carbocycles. The van der Waals surface area contributed by atoms with E-state index >= 15 is 0 Å². The second kappa shape index (κ2) is 9.09. The summed E-state index contributed by atoms with van der Waals surface area (Å²) in [5.74, 6) is -3.64. The molecule has 0 saturated carbocycles. The Balaban J connectivity index is 1.63. The molecule has 1 spiro atoms. The van der Waals surface area contributed by atoms with Gasteiger partial charge in [-0.25, -0.2) is 0 Å². The standard InChI is InChI=1S/C22H33N3O7/c1-3-6-24(8-7-23-9-11-31-12-10-23)20(28)18-22-5-4-15(32-22)16(21(29)30)17(22)19(27)25(18)14(2)13-26/h3,14-18,26H,1,4-13H2,2H3,(H,29,30)/t14-,15-,16+,17+,18-,22+/m1/s1. The zero-order valence-corrected chi connectivity index (χ0v) is 18.5. The van der Waals surface area contributed by atoms with Crippen LogP contribution in [0.1, 0.15) is 19.8 Å². The van der Waals surface area contributed by atoms with E-state index in [1.807, 2.05) is 0 Å². The van der Waals surface area contributed by atoms with E-state index in [1.165, 1.54) is 4.90 Å². The Labute approximate surface area is 187 Å². The van der Waals surface area contributed by atoms with Crippen molar-refractivity contribution in [1.82, 2.24) is 14.7 Å². The van der Waals surface area contributed by atoms with Crippen LogP contribution in [0.2, 0.25) is 0 Å². The van der Waals surface area contributed by atoms with Gasteiger partial charge in [-0.15, -0.1) is 6.58 Å². The minimum Gasteiger partial charge on any atom is -0.481 e. The Bertz CT molecular complexity index is 771. The molecule has 10 heteroatoms. The maximum atomic E-state index is 13.9. The highest BCUT2D eigenvalue weighted by atomic mass is 16.5. The third-order valence-corrected chi connectivity index (χ3v) is 7.45. The predicted octanol–water partition coefficient (Wildman–Crippen LogP) is -0.827. The zero-order chi connectivity index (χ0) is 23.0. The van der Waals surface area contributed by atoms with Gasteiger partial charge >= 0.3 is 5.97 Å². The Hall–Kier alpha value is -2.01. The minimum absolute atomic E-state index is 0.277. The van der Waals surface area contributed by atoms with Gasteiger partial charge < -0.3 is 29.5 Å². The van der Waals surface area contributed by atoms with Crippen molar-refractivity contribution in [2.45, 2.75) is 43.6 Å². The highest BCUT2D eigenvalue weighted by molar-refractivity contribution is 5.98. The number of ether oxygens (including phenoxy) is 2. The lowest BCUT2D eigenvalue weighted by molar-refractivity contribution is -0.153. The number of aliphatic hydroxyl groups is 1. The fraction of sp³-hybridized carbons (Fsp3) is 0.773. The molecule has 4 aliphatic heterocycles. The van der Waals surface area contributed by atoms with Crippen LogP contribution in [0.3, 0.4) is 0 Å². The summed E-state index contributed by atoms with van der Waals surface area (Å²) in [6.45, 7) is 9.45. The third kappa shape index (κ3) is 3.63. The lowest BCUT2D eigenvalue weighted by Gasteiger charge is -2.39. The quantitative estimate of drug-likeness (QED) is 0.436. The summed E-state index contributed by atoms with van der Waals surface area (Å²) < 4.78 is 11.6. The summed E-state index contributed by atoms with van der Waals surface area (Å²) in [5.41, 5.74) is -1.16. The number of carboxylic acid groups (broad SMARTS) is 1. The van der Waals surface area contributed by atoms with Crippen molar-refractivity contribution in [3.05, 3.63) is 12.7 Å². The minimum atomic E-state index is -1.16. The van der Waals surface area contributed by atoms with Crippen molar-refractivity contribution >= 4 is 17.8 Å². The molecule has 178 valence electrons. The molecule has 4 aliphatic rings. The summed E-state index contributed by atoms with van der Waals surface area (Å²) in [6.07, 6.45) is 2.04. The monoisotopic (exact) mass is 451 g/mol. The maximum absolute atomic E-state index is 13.9. The molecule has 0 aromatic heterocycles. The molecule has 4 heterocycles. The number of carboxylic acids is 1. The normalized spacial score (nSPS) is 35.1. The Kier molecular flexibility index (Phi) is 6.58. The number of aliphatic hydroxyl groups excluding tert-OH is 1. The van der Waals surface area contributed by atoms with Crippen LogP contribution in [0.25, 0.3) is 0 Å². The van der Waals surface area contributed by atoms with Crippen LogP contribution in [0.15, 0.2) is 12.7 Å². The van der Waals surface area contributed by atoms with Crippen LogP contribution in [-0.2, 0) is 23.9 Å². The van der Waals surface area contributed by atoms with Crippen LogP contribution in [0, 0.1) is 11.8 Å². The molecule has 4 saturated heterocycles. The fourth-order valence-corrected chi connectivity index (χ4v) is 5.92. The molecule has 2 bridgehead atoms. The molecule has 0 aromatic rings. The van der Waals surface area contributed by atoms with Gasteiger partial charge in [-0.1, -0.05) is 6.08 Å². The summed E-state index contributed by atoms with van der Waals surface area (Å²) in [7, 11) is 0. The number of hydrogen-bond donors (Lipinski definition) is 2. The lowest BCUT2D eigenvalue weighted by Crippen LogP contribution is -2.59. The van der Waals surface area contributed by atoms with E-state index in [0.29, 0.717) is 45.7 Å². The van der Waals surface area contributed by atoms with Crippen molar-refractivity contribution in [1.29, 1.82) is 0 Å². The Morgan fingerprint density at radius 3 is 2.72 bits per heavy atom. The Morgan fingerprint density at radius 2 is 2.09 bits per heavy atom. The third-order valence-electron chi connectivity index (χ3n) is 7.45. The van der Waals surface area contributed by atoms with Gasteiger partial charge in [0.15, 0.2) is 0 Å². The molecular weight excluding hydrogens is 418 g/mol. The number of hydrogen-bond acceptors (Lipinski definition) is 7. The molecule has 0 radical (unpaired) electrons. The smallest absolute Gasteiger partial charge is 0.310 e. The number of aliphatic carboxylic acids is 1. The van der Waals surface area contributed by atoms with Gasteiger partial charge in [-0.05, 0) is 19.8 Å². The molecule has 0 unspecified atom stereocenters. The Morgan fingerprint density at radius 1 is 1.38 bits per heavy atom. The molecule has 6 atom stereocenters. The highest BCUT2D eigenvalue weighted by Crippen LogP contribution is 2.58. The van der Waals surface area contributed by atoms with Gasteiger partial charge in [0, 0.05) is 32.7 Å². The number of rotatable bonds is 9. The number of carbonyl (C=O) groups is 3. The summed E-state index contributed by atoms with van der Waals surface area (Å²) >= 11 is 0. The number of morpholine rings is 1. The zero-order valence-electron chi connectivity index (χ0n) is 18.5. The molecule has 4 fully saturated rings. The van der Waals surface area contributed by atoms with E-state index in [2.05, 4.69) is 11.5 Å². The van der Waals surface area contributed by atoms with Crippen molar-refractivity contribution < 1.29 is 34.1 Å². The number of fused-ring (bicyclic) bond motifs is 1. The molecule has 4 rings (SSSR count). The number of likely N-dealkylation sites (tertiary alicyclic amines) is 1. The molecule has 2 N–H and O–H groups in total. The number of amides is 2. The van der Waals surface area contributed by atoms with E-state index in [4.69, 9.17) is 9.47 Å². The summed E-state index contributed by atoms with van der Waals surface area (Å²) in [5, 5.41) is 19.6. The van der Waals surface area contributed by atoms with Gasteiger partial charge in [0.2, 0.25) is 11.8 Å². The van der Waals surface area contributed by atoms with E-state index < -0.39 is 47.5 Å². The van der Waals surface area contributed by atoms with Crippen molar-refractivity contribution in [2.24, 2.45) is 11.8 Å². The first-order chi connectivity index (χ1) is 15.4. The van der Waals surface area contributed by atoms with Crippen LogP contribution < -0.4 is 0 Å². The predicted molar refractivity (Wildman–Crippen MR) is 113 cm³/mol. The van der Waals surface area contributed by atoms with E-state index in [1.54, 1.807) is 17.9 Å². The largest absolute Gasteiger partial charge is 0.481 e. The summed E-state index contributed by atoms with van der Waals surface area (Å²) in [4.78, 5) is 44.6. The van der Waals surface area contributed by atoms with Crippen LogP contribution in [0.4, 0.5) is 0 Å². The lowest BCUT2D eigenvalue weighted by atomic mass is 9.70. The topological polar surface area (TPSA) is 120 Å². The number of carbonyl (C=O) groups excluding carboxylic acids is 2. The van der Waals surface area contributed by atoms with Crippen LogP contribution in [0.5, 0.6) is 0 Å². The average Bonchev–Trinajstić information content (AvgIpc) is 3.43. The second-order valence-corrected chi connectivity index (χ2v) is 9.20. The van der Waals surface area contributed by atoms with Gasteiger partial charge in [-0.2, -0.15) is 0 Å². The molecule has 2 amide bonds. The summed E-state index contributed by atoms with van der Waals surface area (Å²) in [6, 6.07) is -1.58. The molecule has 10 nitrogen and oxygen atoms in total. The SMILES string of the molecule is C=CCN(CCN1CCOCC1)C(=O)[C@H]1N([C@H](C)CO)C(=O)[C@@H]2[C@@H](C(=O)O)[C@H]3CC[C@]21O3. The van der Waals surface area contributed by atoms with E-state index in [0.717, 1.165) is 13.1 Å². The van der Waals surface area contributed by atoms with Gasteiger partial charge in [0.1, 0.15) is 11.6 Å². The average molecular weight is 452 g/mol. The van der Waals surface area contributed by atoms with E-state index in [9.17, 15) is 24.6 Å².